The van der Waals surface area contributed by atoms with E-state index in [9.17, 15) is 4.79 Å². The number of rotatable bonds is 4. The third-order valence-corrected chi connectivity index (χ3v) is 3.35. The van der Waals surface area contributed by atoms with Crippen LogP contribution >= 0.6 is 0 Å². The Morgan fingerprint density at radius 1 is 1.35 bits per heavy atom. The van der Waals surface area contributed by atoms with Crippen molar-refractivity contribution in [1.29, 1.82) is 0 Å². The summed E-state index contributed by atoms with van der Waals surface area (Å²) in [5, 5.41) is 0. The maximum absolute atomic E-state index is 11.5. The molecule has 1 aromatic rings. The maximum Gasteiger partial charge on any atom is 0.222 e. The molecule has 0 spiro atoms. The van der Waals surface area contributed by atoms with Crippen LogP contribution in [-0.4, -0.2) is 31.0 Å². The molecule has 3 nitrogen and oxygen atoms in total. The van der Waals surface area contributed by atoms with E-state index in [-0.39, 0.29) is 0 Å². The van der Waals surface area contributed by atoms with Gasteiger partial charge in [-0.3, -0.25) is 4.79 Å². The monoisotopic (exact) mass is 233 g/mol. The van der Waals surface area contributed by atoms with Gasteiger partial charge in [0.1, 0.15) is 5.75 Å². The van der Waals surface area contributed by atoms with E-state index in [0.717, 1.165) is 31.7 Å². The minimum Gasteiger partial charge on any atom is -0.497 e. The highest BCUT2D eigenvalue weighted by Gasteiger charge is 2.22. The summed E-state index contributed by atoms with van der Waals surface area (Å²) in [6, 6.07) is 8.09. The van der Waals surface area contributed by atoms with Crippen molar-refractivity contribution in [2.24, 2.45) is 0 Å². The highest BCUT2D eigenvalue weighted by molar-refractivity contribution is 5.78. The van der Waals surface area contributed by atoms with Crippen molar-refractivity contribution >= 4 is 5.91 Å². The summed E-state index contributed by atoms with van der Waals surface area (Å²) in [6.45, 7) is 3.90. The number of benzene rings is 1. The molecule has 1 aliphatic heterocycles. The second kappa shape index (κ2) is 5.21. The molecule has 0 unspecified atom stereocenters. The van der Waals surface area contributed by atoms with E-state index in [0.29, 0.717) is 11.8 Å². The van der Waals surface area contributed by atoms with Gasteiger partial charge in [0, 0.05) is 19.5 Å². The van der Waals surface area contributed by atoms with Gasteiger partial charge in [0.05, 0.1) is 7.11 Å². The summed E-state index contributed by atoms with van der Waals surface area (Å²) in [6.07, 6.45) is 1.73. The van der Waals surface area contributed by atoms with Crippen molar-refractivity contribution in [2.45, 2.75) is 25.7 Å². The van der Waals surface area contributed by atoms with Crippen LogP contribution in [0.2, 0.25) is 0 Å². The summed E-state index contributed by atoms with van der Waals surface area (Å²) in [5.74, 6) is 1.55. The molecule has 1 atom stereocenters. The summed E-state index contributed by atoms with van der Waals surface area (Å²) < 4.78 is 5.13. The Kier molecular flexibility index (Phi) is 3.67. The number of hydrogen-bond acceptors (Lipinski definition) is 2. The van der Waals surface area contributed by atoms with Crippen molar-refractivity contribution in [1.82, 2.24) is 4.90 Å². The van der Waals surface area contributed by atoms with Crippen LogP contribution in [0.3, 0.4) is 0 Å². The number of carbonyl (C=O) groups excluding carboxylic acids is 1. The Morgan fingerprint density at radius 2 is 2.06 bits per heavy atom. The topological polar surface area (TPSA) is 29.5 Å². The van der Waals surface area contributed by atoms with Gasteiger partial charge in [0.15, 0.2) is 0 Å². The largest absolute Gasteiger partial charge is 0.497 e. The van der Waals surface area contributed by atoms with E-state index < -0.39 is 0 Å². The number of hydrogen-bond donors (Lipinski definition) is 0. The van der Waals surface area contributed by atoms with Gasteiger partial charge in [-0.1, -0.05) is 19.1 Å². The lowest BCUT2D eigenvalue weighted by Crippen LogP contribution is -2.28. The number of ether oxygens (including phenoxy) is 1. The quantitative estimate of drug-likeness (QED) is 0.799. The van der Waals surface area contributed by atoms with E-state index in [1.807, 2.05) is 17.0 Å². The third kappa shape index (κ3) is 2.78. The van der Waals surface area contributed by atoms with Crippen LogP contribution in [0.4, 0.5) is 0 Å². The lowest BCUT2D eigenvalue weighted by molar-refractivity contribution is -0.127. The lowest BCUT2D eigenvalue weighted by Gasteiger charge is -2.21. The second-order valence-electron chi connectivity index (χ2n) is 4.62. The first-order chi connectivity index (χ1) is 8.20. The third-order valence-electron chi connectivity index (χ3n) is 3.35. The molecule has 1 aliphatic rings. The van der Waals surface area contributed by atoms with Gasteiger partial charge >= 0.3 is 0 Å². The SMILES string of the molecule is COc1ccc([C@@H](C)CN2CCCC2=O)cc1. The average molecular weight is 233 g/mol. The minimum absolute atomic E-state index is 0.297. The fourth-order valence-corrected chi connectivity index (χ4v) is 2.27. The maximum atomic E-state index is 11.5. The van der Waals surface area contributed by atoms with Crippen molar-refractivity contribution in [3.8, 4) is 5.75 Å². The van der Waals surface area contributed by atoms with Crippen molar-refractivity contribution < 1.29 is 9.53 Å². The predicted molar refractivity (Wildman–Crippen MR) is 67.2 cm³/mol. The molecule has 1 saturated heterocycles. The zero-order valence-corrected chi connectivity index (χ0v) is 10.5. The zero-order valence-electron chi connectivity index (χ0n) is 10.5. The Balaban J connectivity index is 1.98. The standard InChI is InChI=1S/C14H19NO2/c1-11(10-15-9-3-4-14(15)16)12-5-7-13(17-2)8-6-12/h5-8,11H,3-4,9-10H2,1-2H3/t11-/m0/s1. The molecule has 0 bridgehead atoms. The average Bonchev–Trinajstić information content (AvgIpc) is 2.75. The second-order valence-corrected chi connectivity index (χ2v) is 4.62. The predicted octanol–water partition coefficient (Wildman–Crippen LogP) is 2.42. The number of amides is 1. The fraction of sp³-hybridized carbons (Fsp3) is 0.500. The number of likely N-dealkylation sites (tertiary alicyclic amines) is 1. The molecule has 0 aromatic heterocycles. The smallest absolute Gasteiger partial charge is 0.222 e. The molecule has 0 radical (unpaired) electrons. The number of methoxy groups -OCH3 is 1. The van der Waals surface area contributed by atoms with Gasteiger partial charge in [-0.2, -0.15) is 0 Å². The Hall–Kier alpha value is -1.51. The first kappa shape index (κ1) is 12.0. The molecule has 0 N–H and O–H groups in total. The zero-order chi connectivity index (χ0) is 12.3. The van der Waals surface area contributed by atoms with Crippen LogP contribution in [0.1, 0.15) is 31.2 Å². The molecule has 3 heteroatoms. The molecular weight excluding hydrogens is 214 g/mol. The molecule has 17 heavy (non-hydrogen) atoms. The summed E-state index contributed by atoms with van der Waals surface area (Å²) in [4.78, 5) is 13.5. The number of nitrogens with zero attached hydrogens (tertiary/aromatic N) is 1. The fourth-order valence-electron chi connectivity index (χ4n) is 2.27. The molecule has 1 amide bonds. The molecule has 0 aliphatic carbocycles. The van der Waals surface area contributed by atoms with Crippen molar-refractivity contribution in [2.75, 3.05) is 20.2 Å². The summed E-state index contributed by atoms with van der Waals surface area (Å²) >= 11 is 0. The van der Waals surface area contributed by atoms with Gasteiger partial charge in [-0.05, 0) is 30.0 Å². The van der Waals surface area contributed by atoms with E-state index in [4.69, 9.17) is 4.74 Å². The molecule has 92 valence electrons. The van der Waals surface area contributed by atoms with Crippen LogP contribution in [0, 0.1) is 0 Å². The van der Waals surface area contributed by atoms with E-state index in [1.165, 1.54) is 5.56 Å². The summed E-state index contributed by atoms with van der Waals surface area (Å²) in [5.41, 5.74) is 1.26. The van der Waals surface area contributed by atoms with Crippen LogP contribution in [-0.2, 0) is 4.79 Å². The van der Waals surface area contributed by atoms with Gasteiger partial charge < -0.3 is 9.64 Å². The molecule has 1 fully saturated rings. The van der Waals surface area contributed by atoms with Gasteiger partial charge in [-0.25, -0.2) is 0 Å². The van der Waals surface area contributed by atoms with E-state index >= 15 is 0 Å². The first-order valence-corrected chi connectivity index (χ1v) is 6.12. The molecule has 1 heterocycles. The van der Waals surface area contributed by atoms with Gasteiger partial charge in [-0.15, -0.1) is 0 Å². The summed E-state index contributed by atoms with van der Waals surface area (Å²) in [7, 11) is 1.67. The normalized spacial score (nSPS) is 17.3. The molecular formula is C14H19NO2. The Bertz CT molecular complexity index is 386. The highest BCUT2D eigenvalue weighted by Crippen LogP contribution is 2.22. The van der Waals surface area contributed by atoms with E-state index in [2.05, 4.69) is 19.1 Å². The van der Waals surface area contributed by atoms with Crippen molar-refractivity contribution in [3.63, 3.8) is 0 Å². The Morgan fingerprint density at radius 3 is 2.59 bits per heavy atom. The lowest BCUT2D eigenvalue weighted by atomic mass is 10.0. The van der Waals surface area contributed by atoms with Crippen LogP contribution in [0.25, 0.3) is 0 Å². The van der Waals surface area contributed by atoms with E-state index in [1.54, 1.807) is 7.11 Å². The molecule has 2 rings (SSSR count). The van der Waals surface area contributed by atoms with Crippen LogP contribution in [0.15, 0.2) is 24.3 Å². The Labute approximate surface area is 102 Å². The van der Waals surface area contributed by atoms with Crippen LogP contribution < -0.4 is 4.74 Å². The highest BCUT2D eigenvalue weighted by atomic mass is 16.5. The number of carbonyl (C=O) groups is 1. The molecule has 1 aromatic carbocycles. The minimum atomic E-state index is 0.297. The molecule has 0 saturated carbocycles. The van der Waals surface area contributed by atoms with Crippen LogP contribution in [0.5, 0.6) is 5.75 Å². The van der Waals surface area contributed by atoms with Crippen molar-refractivity contribution in [3.05, 3.63) is 29.8 Å². The van der Waals surface area contributed by atoms with Gasteiger partial charge in [0.2, 0.25) is 5.91 Å². The van der Waals surface area contributed by atoms with Gasteiger partial charge in [0.25, 0.3) is 0 Å². The first-order valence-electron chi connectivity index (χ1n) is 6.12.